The molecule has 1 aromatic carbocycles. The molecule has 7 nitrogen and oxygen atoms in total. The number of aromatic nitrogens is 3. The van der Waals surface area contributed by atoms with Gasteiger partial charge in [-0.25, -0.2) is 9.59 Å². The summed E-state index contributed by atoms with van der Waals surface area (Å²) in [7, 11) is 0. The van der Waals surface area contributed by atoms with Crippen LogP contribution in [0.1, 0.15) is 35.2 Å². The summed E-state index contributed by atoms with van der Waals surface area (Å²) in [4.78, 5) is 26.9. The number of para-hydroxylation sites is 2. The Morgan fingerprint density at radius 3 is 2.96 bits per heavy atom. The SMILES string of the molecule is CCc1noc(C)c1C(=O)OCCCn1c(=O)[nH]c2ccccc21. The molecule has 3 rings (SSSR count). The van der Waals surface area contributed by atoms with E-state index in [2.05, 4.69) is 10.1 Å². The third kappa shape index (κ3) is 2.97. The molecule has 2 aromatic heterocycles. The van der Waals surface area contributed by atoms with Crippen molar-refractivity contribution >= 4 is 17.0 Å². The molecule has 0 amide bonds. The molecule has 0 radical (unpaired) electrons. The van der Waals surface area contributed by atoms with Gasteiger partial charge in [-0.3, -0.25) is 4.57 Å². The van der Waals surface area contributed by atoms with Crippen LogP contribution in [-0.2, 0) is 17.7 Å². The van der Waals surface area contributed by atoms with E-state index in [0.717, 1.165) is 11.0 Å². The summed E-state index contributed by atoms with van der Waals surface area (Å²) in [5.74, 6) is 0.0292. The van der Waals surface area contributed by atoms with Gasteiger partial charge in [0.15, 0.2) is 0 Å². The lowest BCUT2D eigenvalue weighted by atomic mass is 10.1. The molecule has 0 spiro atoms. The van der Waals surface area contributed by atoms with Gasteiger partial charge in [0.25, 0.3) is 0 Å². The maximum atomic E-state index is 12.2. The van der Waals surface area contributed by atoms with Gasteiger partial charge >= 0.3 is 11.7 Å². The number of carbonyl (C=O) groups is 1. The minimum absolute atomic E-state index is 0.161. The second-order valence-electron chi connectivity index (χ2n) is 5.50. The first-order chi connectivity index (χ1) is 11.6. The van der Waals surface area contributed by atoms with Crippen LogP contribution in [0, 0.1) is 6.92 Å². The molecule has 0 saturated carbocycles. The lowest BCUT2D eigenvalue weighted by Gasteiger charge is -2.06. The Balaban J connectivity index is 1.61. The molecule has 0 bridgehead atoms. The van der Waals surface area contributed by atoms with Crippen molar-refractivity contribution in [1.29, 1.82) is 0 Å². The number of fused-ring (bicyclic) bond motifs is 1. The fourth-order valence-electron chi connectivity index (χ4n) is 2.71. The first kappa shape index (κ1) is 16.0. The first-order valence-corrected chi connectivity index (χ1v) is 7.91. The number of carbonyl (C=O) groups excluding carboxylic acids is 1. The number of hydrogen-bond acceptors (Lipinski definition) is 5. The zero-order chi connectivity index (χ0) is 17.1. The molecule has 0 aliphatic rings. The highest BCUT2D eigenvalue weighted by Crippen LogP contribution is 2.15. The number of aromatic amines is 1. The van der Waals surface area contributed by atoms with E-state index in [1.807, 2.05) is 31.2 Å². The molecule has 0 aliphatic carbocycles. The number of ether oxygens (including phenoxy) is 1. The van der Waals surface area contributed by atoms with Crippen LogP contribution in [0.25, 0.3) is 11.0 Å². The van der Waals surface area contributed by atoms with Gasteiger partial charge in [-0.15, -0.1) is 0 Å². The number of hydrogen-bond donors (Lipinski definition) is 1. The number of imidazole rings is 1. The summed E-state index contributed by atoms with van der Waals surface area (Å²) in [6, 6.07) is 7.49. The number of rotatable bonds is 6. The third-order valence-electron chi connectivity index (χ3n) is 3.91. The van der Waals surface area contributed by atoms with E-state index in [1.165, 1.54) is 0 Å². The Morgan fingerprint density at radius 1 is 1.38 bits per heavy atom. The molecule has 126 valence electrons. The van der Waals surface area contributed by atoms with Crippen molar-refractivity contribution in [3.8, 4) is 0 Å². The van der Waals surface area contributed by atoms with Crippen molar-refractivity contribution in [2.24, 2.45) is 0 Å². The number of benzene rings is 1. The molecule has 0 saturated heterocycles. The van der Waals surface area contributed by atoms with E-state index in [-0.39, 0.29) is 12.3 Å². The number of nitrogens with one attached hydrogen (secondary N) is 1. The van der Waals surface area contributed by atoms with Gasteiger partial charge in [0.1, 0.15) is 11.3 Å². The molecule has 24 heavy (non-hydrogen) atoms. The Bertz CT molecular complexity index is 919. The quantitative estimate of drug-likeness (QED) is 0.554. The van der Waals surface area contributed by atoms with Crippen LogP contribution in [0.2, 0.25) is 0 Å². The molecule has 2 heterocycles. The predicted octanol–water partition coefficient (Wildman–Crippen LogP) is 2.44. The normalized spacial score (nSPS) is 11.1. The van der Waals surface area contributed by atoms with Gasteiger partial charge in [-0.1, -0.05) is 24.2 Å². The monoisotopic (exact) mass is 329 g/mol. The maximum absolute atomic E-state index is 12.2. The summed E-state index contributed by atoms with van der Waals surface area (Å²) >= 11 is 0. The number of H-pyrrole nitrogens is 1. The standard InChI is InChI=1S/C17H19N3O4/c1-3-12-15(11(2)24-19-12)16(21)23-10-6-9-20-14-8-5-4-7-13(14)18-17(20)22/h4-5,7-8H,3,6,9-10H2,1-2H3,(H,18,22). The van der Waals surface area contributed by atoms with Crippen molar-refractivity contribution < 1.29 is 14.1 Å². The Labute approximate surface area is 138 Å². The topological polar surface area (TPSA) is 90.1 Å². The highest BCUT2D eigenvalue weighted by Gasteiger charge is 2.20. The fraction of sp³-hybridized carbons (Fsp3) is 0.353. The van der Waals surface area contributed by atoms with Crippen LogP contribution in [0.4, 0.5) is 0 Å². The molecule has 0 aliphatic heterocycles. The van der Waals surface area contributed by atoms with E-state index in [1.54, 1.807) is 11.5 Å². The van der Waals surface area contributed by atoms with E-state index >= 15 is 0 Å². The van der Waals surface area contributed by atoms with Crippen molar-refractivity contribution in [2.45, 2.75) is 33.2 Å². The van der Waals surface area contributed by atoms with Gasteiger partial charge in [0, 0.05) is 6.54 Å². The van der Waals surface area contributed by atoms with Gasteiger partial charge in [0.05, 0.1) is 23.3 Å². The van der Waals surface area contributed by atoms with E-state index in [4.69, 9.17) is 9.26 Å². The lowest BCUT2D eigenvalue weighted by molar-refractivity contribution is 0.0493. The number of esters is 1. The summed E-state index contributed by atoms with van der Waals surface area (Å²) in [5, 5.41) is 3.84. The fourth-order valence-corrected chi connectivity index (χ4v) is 2.71. The highest BCUT2D eigenvalue weighted by molar-refractivity contribution is 5.91. The molecule has 3 aromatic rings. The molecular weight excluding hydrogens is 310 g/mol. The van der Waals surface area contributed by atoms with Crippen molar-refractivity contribution in [1.82, 2.24) is 14.7 Å². The van der Waals surface area contributed by atoms with Crippen LogP contribution >= 0.6 is 0 Å². The molecule has 1 N–H and O–H groups in total. The first-order valence-electron chi connectivity index (χ1n) is 7.91. The van der Waals surface area contributed by atoms with Crippen molar-refractivity contribution in [2.75, 3.05) is 6.61 Å². The van der Waals surface area contributed by atoms with Crippen LogP contribution in [0.15, 0.2) is 33.6 Å². The lowest BCUT2D eigenvalue weighted by Crippen LogP contribution is -2.18. The largest absolute Gasteiger partial charge is 0.462 e. The average molecular weight is 329 g/mol. The Morgan fingerprint density at radius 2 is 2.17 bits per heavy atom. The van der Waals surface area contributed by atoms with Crippen molar-refractivity contribution in [3.63, 3.8) is 0 Å². The highest BCUT2D eigenvalue weighted by atomic mass is 16.5. The average Bonchev–Trinajstić information content (AvgIpc) is 3.11. The van der Waals surface area contributed by atoms with E-state index in [0.29, 0.717) is 36.4 Å². The van der Waals surface area contributed by atoms with E-state index in [9.17, 15) is 9.59 Å². The second-order valence-corrected chi connectivity index (χ2v) is 5.50. The minimum atomic E-state index is -0.433. The maximum Gasteiger partial charge on any atom is 0.343 e. The summed E-state index contributed by atoms with van der Waals surface area (Å²) < 4.78 is 12.0. The zero-order valence-corrected chi connectivity index (χ0v) is 13.7. The number of aryl methyl sites for hydroxylation is 3. The van der Waals surface area contributed by atoms with Crippen LogP contribution < -0.4 is 5.69 Å². The summed E-state index contributed by atoms with van der Waals surface area (Å²) in [5.41, 5.74) is 2.49. The summed E-state index contributed by atoms with van der Waals surface area (Å²) in [6.45, 7) is 4.28. The summed E-state index contributed by atoms with van der Waals surface area (Å²) in [6.07, 6.45) is 1.14. The van der Waals surface area contributed by atoms with Gasteiger partial charge in [-0.2, -0.15) is 0 Å². The number of nitrogens with zero attached hydrogens (tertiary/aromatic N) is 2. The van der Waals surface area contributed by atoms with Gasteiger partial charge < -0.3 is 14.2 Å². The van der Waals surface area contributed by atoms with Crippen LogP contribution in [0.5, 0.6) is 0 Å². The van der Waals surface area contributed by atoms with Gasteiger partial charge in [-0.05, 0) is 31.9 Å². The van der Waals surface area contributed by atoms with Gasteiger partial charge in [0.2, 0.25) is 0 Å². The zero-order valence-electron chi connectivity index (χ0n) is 13.7. The van der Waals surface area contributed by atoms with Crippen molar-refractivity contribution in [3.05, 3.63) is 51.8 Å². The minimum Gasteiger partial charge on any atom is -0.462 e. The second kappa shape index (κ2) is 6.74. The smallest absolute Gasteiger partial charge is 0.343 e. The van der Waals surface area contributed by atoms with Crippen LogP contribution in [-0.4, -0.2) is 27.3 Å². The molecular formula is C17H19N3O4. The Hall–Kier alpha value is -2.83. The van der Waals surface area contributed by atoms with E-state index < -0.39 is 5.97 Å². The molecule has 0 unspecified atom stereocenters. The Kier molecular flexibility index (Phi) is 4.50. The molecule has 0 atom stereocenters. The third-order valence-corrected chi connectivity index (χ3v) is 3.91. The predicted molar refractivity (Wildman–Crippen MR) is 88.1 cm³/mol. The molecule has 7 heteroatoms. The molecule has 0 fully saturated rings. The van der Waals surface area contributed by atoms with Crippen LogP contribution in [0.3, 0.4) is 0 Å².